The molecule has 0 saturated carbocycles. The number of hydrogen-bond acceptors (Lipinski definition) is 6. The summed E-state index contributed by atoms with van der Waals surface area (Å²) in [6.07, 6.45) is 0. The van der Waals surface area contributed by atoms with Gasteiger partial charge in [-0.25, -0.2) is 9.97 Å². The fourth-order valence-electron chi connectivity index (χ4n) is 2.24. The summed E-state index contributed by atoms with van der Waals surface area (Å²) in [7, 11) is 0. The summed E-state index contributed by atoms with van der Waals surface area (Å²) in [5.74, 6) is 2.04. The van der Waals surface area contributed by atoms with Gasteiger partial charge in [0.25, 0.3) is 0 Å². The molecule has 0 radical (unpaired) electrons. The second-order valence-corrected chi connectivity index (χ2v) is 5.34. The first-order chi connectivity index (χ1) is 10.0. The second kappa shape index (κ2) is 6.71. The Bertz CT molecular complexity index is 506. The van der Waals surface area contributed by atoms with Gasteiger partial charge in [-0.1, -0.05) is 13.8 Å². The van der Waals surface area contributed by atoms with Crippen molar-refractivity contribution in [1.82, 2.24) is 9.97 Å². The van der Waals surface area contributed by atoms with Crippen LogP contribution in [0.15, 0.2) is 6.07 Å². The van der Waals surface area contributed by atoms with E-state index in [-0.39, 0.29) is 5.92 Å². The van der Waals surface area contributed by atoms with E-state index >= 15 is 0 Å². The maximum atomic E-state index is 11.6. The third-order valence-electron chi connectivity index (χ3n) is 3.36. The number of anilines is 2. The van der Waals surface area contributed by atoms with E-state index < -0.39 is 11.9 Å². The van der Waals surface area contributed by atoms with E-state index in [0.29, 0.717) is 19.8 Å². The SMILES string of the molecule is CCNc1cc(N2CCOCC2C(N)=O)nc(C(C)C)n1. The Labute approximate surface area is 124 Å². The van der Waals surface area contributed by atoms with Crippen molar-refractivity contribution in [1.29, 1.82) is 0 Å². The number of rotatable bonds is 5. The molecule has 0 spiro atoms. The molecule has 7 heteroatoms. The van der Waals surface area contributed by atoms with E-state index in [9.17, 15) is 4.79 Å². The van der Waals surface area contributed by atoms with Crippen molar-refractivity contribution in [3.8, 4) is 0 Å². The smallest absolute Gasteiger partial charge is 0.242 e. The highest BCUT2D eigenvalue weighted by atomic mass is 16.5. The number of nitrogens with one attached hydrogen (secondary N) is 1. The lowest BCUT2D eigenvalue weighted by Crippen LogP contribution is -2.53. The minimum Gasteiger partial charge on any atom is -0.377 e. The number of carbonyl (C=O) groups excluding carboxylic acids is 1. The average molecular weight is 293 g/mol. The number of amides is 1. The monoisotopic (exact) mass is 293 g/mol. The van der Waals surface area contributed by atoms with Crippen LogP contribution in [-0.2, 0) is 9.53 Å². The quantitative estimate of drug-likeness (QED) is 0.831. The summed E-state index contributed by atoms with van der Waals surface area (Å²) in [6, 6.07) is 1.37. The molecular formula is C14H23N5O2. The fourth-order valence-corrected chi connectivity index (χ4v) is 2.24. The predicted molar refractivity (Wildman–Crippen MR) is 81.4 cm³/mol. The molecular weight excluding hydrogens is 270 g/mol. The highest BCUT2D eigenvalue weighted by molar-refractivity contribution is 5.83. The van der Waals surface area contributed by atoms with Gasteiger partial charge in [0.05, 0.1) is 13.2 Å². The molecule has 1 aromatic heterocycles. The summed E-state index contributed by atoms with van der Waals surface area (Å²) >= 11 is 0. The number of aromatic nitrogens is 2. The van der Waals surface area contributed by atoms with E-state index in [4.69, 9.17) is 10.5 Å². The fraction of sp³-hybridized carbons (Fsp3) is 0.643. The van der Waals surface area contributed by atoms with Crippen molar-refractivity contribution in [3.05, 3.63) is 11.9 Å². The van der Waals surface area contributed by atoms with Crippen LogP contribution in [0, 0.1) is 0 Å². The molecule has 1 aliphatic rings. The maximum Gasteiger partial charge on any atom is 0.242 e. The Balaban J connectivity index is 2.37. The molecule has 7 nitrogen and oxygen atoms in total. The first-order valence-electron chi connectivity index (χ1n) is 7.29. The number of ether oxygens (including phenoxy) is 1. The number of primary amides is 1. The van der Waals surface area contributed by atoms with Gasteiger partial charge >= 0.3 is 0 Å². The minimum absolute atomic E-state index is 0.204. The van der Waals surface area contributed by atoms with Gasteiger partial charge < -0.3 is 20.7 Å². The molecule has 1 aliphatic heterocycles. The first kappa shape index (κ1) is 15.5. The minimum atomic E-state index is -0.483. The Morgan fingerprint density at radius 3 is 2.95 bits per heavy atom. The summed E-state index contributed by atoms with van der Waals surface area (Å²) < 4.78 is 5.35. The van der Waals surface area contributed by atoms with E-state index in [1.807, 2.05) is 31.7 Å². The summed E-state index contributed by atoms with van der Waals surface area (Å²) in [5.41, 5.74) is 5.47. The van der Waals surface area contributed by atoms with Gasteiger partial charge in [-0.15, -0.1) is 0 Å². The molecule has 2 rings (SSSR count). The van der Waals surface area contributed by atoms with Crippen molar-refractivity contribution in [2.24, 2.45) is 5.73 Å². The first-order valence-corrected chi connectivity index (χ1v) is 7.29. The Kier molecular flexibility index (Phi) is 4.95. The van der Waals surface area contributed by atoms with E-state index in [0.717, 1.165) is 24.0 Å². The lowest BCUT2D eigenvalue weighted by Gasteiger charge is -2.34. The third-order valence-corrected chi connectivity index (χ3v) is 3.36. The van der Waals surface area contributed by atoms with Crippen LogP contribution >= 0.6 is 0 Å². The zero-order chi connectivity index (χ0) is 15.4. The molecule has 21 heavy (non-hydrogen) atoms. The van der Waals surface area contributed by atoms with E-state index in [1.165, 1.54) is 0 Å². The summed E-state index contributed by atoms with van der Waals surface area (Å²) in [4.78, 5) is 22.6. The van der Waals surface area contributed by atoms with Crippen LogP contribution in [0.4, 0.5) is 11.6 Å². The Hall–Kier alpha value is -1.89. The van der Waals surface area contributed by atoms with Gasteiger partial charge in [0, 0.05) is 25.1 Å². The average Bonchev–Trinajstić information content (AvgIpc) is 2.47. The summed E-state index contributed by atoms with van der Waals surface area (Å²) in [6.45, 7) is 8.31. The zero-order valence-electron chi connectivity index (χ0n) is 12.8. The third kappa shape index (κ3) is 3.60. The molecule has 0 bridgehead atoms. The van der Waals surface area contributed by atoms with Crippen LogP contribution in [0.5, 0.6) is 0 Å². The van der Waals surface area contributed by atoms with Crippen molar-refractivity contribution in [2.45, 2.75) is 32.7 Å². The number of morpholine rings is 1. The number of nitrogens with zero attached hydrogens (tertiary/aromatic N) is 3. The topological polar surface area (TPSA) is 93.4 Å². The van der Waals surface area contributed by atoms with Gasteiger partial charge in [0.1, 0.15) is 23.5 Å². The Morgan fingerprint density at radius 2 is 2.33 bits per heavy atom. The Morgan fingerprint density at radius 1 is 1.57 bits per heavy atom. The van der Waals surface area contributed by atoms with Gasteiger partial charge in [-0.05, 0) is 6.92 Å². The normalized spacial score (nSPS) is 18.9. The van der Waals surface area contributed by atoms with Crippen molar-refractivity contribution in [2.75, 3.05) is 36.5 Å². The van der Waals surface area contributed by atoms with E-state index in [1.54, 1.807) is 0 Å². The molecule has 1 saturated heterocycles. The van der Waals surface area contributed by atoms with Crippen LogP contribution < -0.4 is 16.0 Å². The number of carbonyl (C=O) groups is 1. The molecule has 0 aromatic carbocycles. The van der Waals surface area contributed by atoms with Crippen LogP contribution in [0.25, 0.3) is 0 Å². The van der Waals surface area contributed by atoms with Crippen LogP contribution in [0.3, 0.4) is 0 Å². The molecule has 3 N–H and O–H groups in total. The molecule has 1 fully saturated rings. The van der Waals surface area contributed by atoms with Gasteiger partial charge in [0.2, 0.25) is 5.91 Å². The molecule has 116 valence electrons. The van der Waals surface area contributed by atoms with Crippen LogP contribution in [0.1, 0.15) is 32.5 Å². The summed E-state index contributed by atoms with van der Waals surface area (Å²) in [5, 5.41) is 3.20. The van der Waals surface area contributed by atoms with Crippen molar-refractivity contribution >= 4 is 17.5 Å². The molecule has 1 aromatic rings. The molecule has 2 heterocycles. The lowest BCUT2D eigenvalue weighted by atomic mass is 10.2. The largest absolute Gasteiger partial charge is 0.377 e. The maximum absolute atomic E-state index is 11.6. The van der Waals surface area contributed by atoms with Crippen molar-refractivity contribution < 1.29 is 9.53 Å². The van der Waals surface area contributed by atoms with Gasteiger partial charge in [-0.3, -0.25) is 4.79 Å². The second-order valence-electron chi connectivity index (χ2n) is 5.34. The number of hydrogen-bond donors (Lipinski definition) is 2. The van der Waals surface area contributed by atoms with Crippen molar-refractivity contribution in [3.63, 3.8) is 0 Å². The number of nitrogens with two attached hydrogens (primary N) is 1. The van der Waals surface area contributed by atoms with Crippen LogP contribution in [0.2, 0.25) is 0 Å². The molecule has 1 unspecified atom stereocenters. The van der Waals surface area contributed by atoms with E-state index in [2.05, 4.69) is 15.3 Å². The van der Waals surface area contributed by atoms with Crippen LogP contribution in [-0.4, -0.2) is 48.2 Å². The molecule has 1 amide bonds. The van der Waals surface area contributed by atoms with Gasteiger partial charge in [0.15, 0.2) is 0 Å². The molecule has 1 atom stereocenters. The standard InChI is InChI=1S/C14H23N5O2/c1-4-16-11-7-12(18-14(17-11)9(2)3)19-5-6-21-8-10(19)13(15)20/h7,9-10H,4-6,8H2,1-3H3,(H2,15,20)(H,16,17,18). The molecule has 0 aliphatic carbocycles. The van der Waals surface area contributed by atoms with Gasteiger partial charge in [-0.2, -0.15) is 0 Å². The zero-order valence-corrected chi connectivity index (χ0v) is 12.8. The lowest BCUT2D eigenvalue weighted by molar-refractivity contribution is -0.121. The highest BCUT2D eigenvalue weighted by Crippen LogP contribution is 2.23. The predicted octanol–water partition coefficient (Wildman–Crippen LogP) is 0.722. The highest BCUT2D eigenvalue weighted by Gasteiger charge is 2.29.